The van der Waals surface area contributed by atoms with Crippen molar-refractivity contribution in [3.05, 3.63) is 46.5 Å². The Morgan fingerprint density at radius 2 is 2.24 bits per heavy atom. The number of benzene rings is 1. The van der Waals surface area contributed by atoms with Gasteiger partial charge in [-0.1, -0.05) is 13.0 Å². The molecule has 2 rings (SSSR count). The second-order valence-electron chi connectivity index (χ2n) is 5.19. The lowest BCUT2D eigenvalue weighted by atomic mass is 10.0. The summed E-state index contributed by atoms with van der Waals surface area (Å²) in [5.41, 5.74) is 7.22. The topological polar surface area (TPSA) is 53.1 Å². The smallest absolute Gasteiger partial charge is 0.133 e. The van der Waals surface area contributed by atoms with E-state index in [9.17, 15) is 0 Å². The average Bonchev–Trinajstić information content (AvgIpc) is 2.86. The van der Waals surface area contributed by atoms with Crippen LogP contribution in [0.3, 0.4) is 0 Å². The predicted molar refractivity (Wildman–Crippen MR) is 88.5 cm³/mol. The molecule has 0 aliphatic carbocycles. The highest BCUT2D eigenvalue weighted by atomic mass is 79.9. The van der Waals surface area contributed by atoms with Crippen LogP contribution < -0.4 is 10.5 Å². The van der Waals surface area contributed by atoms with Crippen LogP contribution in [0.4, 0.5) is 0 Å². The molecular formula is C16H22BrN3O. The van der Waals surface area contributed by atoms with E-state index in [-0.39, 0.29) is 6.04 Å². The average molecular weight is 352 g/mol. The van der Waals surface area contributed by atoms with Crippen LogP contribution in [-0.2, 0) is 19.9 Å². The van der Waals surface area contributed by atoms with Gasteiger partial charge in [-0.05, 0) is 46.5 Å². The monoisotopic (exact) mass is 351 g/mol. The zero-order valence-corrected chi connectivity index (χ0v) is 14.1. The molecule has 21 heavy (non-hydrogen) atoms. The van der Waals surface area contributed by atoms with E-state index in [1.807, 2.05) is 23.9 Å². The molecular weight excluding hydrogens is 330 g/mol. The number of nitrogens with two attached hydrogens (primary N) is 1. The van der Waals surface area contributed by atoms with Crippen molar-refractivity contribution >= 4 is 15.9 Å². The van der Waals surface area contributed by atoms with E-state index < -0.39 is 0 Å². The highest BCUT2D eigenvalue weighted by Gasteiger charge is 2.07. The molecule has 2 N–H and O–H groups in total. The number of hydrogen-bond acceptors (Lipinski definition) is 3. The molecule has 1 heterocycles. The molecule has 0 spiro atoms. The third-order valence-corrected chi connectivity index (χ3v) is 4.14. The molecule has 4 nitrogen and oxygen atoms in total. The molecule has 1 aromatic carbocycles. The fourth-order valence-electron chi connectivity index (χ4n) is 2.13. The molecule has 1 unspecified atom stereocenters. The molecule has 0 aliphatic heterocycles. The lowest BCUT2D eigenvalue weighted by Crippen LogP contribution is -2.21. The summed E-state index contributed by atoms with van der Waals surface area (Å²) in [6.45, 7) is 2.71. The summed E-state index contributed by atoms with van der Waals surface area (Å²) in [5, 5.41) is 0. The van der Waals surface area contributed by atoms with Crippen molar-refractivity contribution in [2.45, 2.75) is 32.2 Å². The second-order valence-corrected chi connectivity index (χ2v) is 6.04. The Bertz CT molecular complexity index is 583. The minimum absolute atomic E-state index is 0.215. The van der Waals surface area contributed by atoms with Crippen LogP contribution in [-0.4, -0.2) is 22.2 Å². The molecule has 0 amide bonds. The maximum atomic E-state index is 5.99. The highest BCUT2D eigenvalue weighted by molar-refractivity contribution is 9.10. The number of rotatable bonds is 7. The Labute approximate surface area is 134 Å². The first-order chi connectivity index (χ1) is 10.1. The fourth-order valence-corrected chi connectivity index (χ4v) is 2.67. The van der Waals surface area contributed by atoms with E-state index in [0.29, 0.717) is 6.61 Å². The Kier molecular flexibility index (Phi) is 5.82. The quantitative estimate of drug-likeness (QED) is 0.833. The van der Waals surface area contributed by atoms with Crippen molar-refractivity contribution in [3.63, 3.8) is 0 Å². The zero-order chi connectivity index (χ0) is 15.2. The van der Waals surface area contributed by atoms with Gasteiger partial charge in [0.2, 0.25) is 0 Å². The molecule has 0 saturated heterocycles. The number of nitrogens with zero attached hydrogens (tertiary/aromatic N) is 2. The Morgan fingerprint density at radius 1 is 1.43 bits per heavy atom. The van der Waals surface area contributed by atoms with Crippen molar-refractivity contribution in [3.8, 4) is 5.75 Å². The first-order valence-corrected chi connectivity index (χ1v) is 8.02. The number of ether oxygens (including phenoxy) is 1. The van der Waals surface area contributed by atoms with Gasteiger partial charge in [-0.3, -0.25) is 0 Å². The summed E-state index contributed by atoms with van der Waals surface area (Å²) in [4.78, 5) is 4.28. The van der Waals surface area contributed by atoms with Crippen LogP contribution in [0.25, 0.3) is 0 Å². The minimum Gasteiger partial charge on any atom is -0.492 e. The zero-order valence-electron chi connectivity index (χ0n) is 12.6. The van der Waals surface area contributed by atoms with Crippen molar-refractivity contribution in [2.24, 2.45) is 12.8 Å². The van der Waals surface area contributed by atoms with Crippen LogP contribution in [0.2, 0.25) is 0 Å². The molecule has 0 fully saturated rings. The van der Waals surface area contributed by atoms with Crippen molar-refractivity contribution in [1.82, 2.24) is 9.55 Å². The normalized spacial score (nSPS) is 12.4. The summed E-state index contributed by atoms with van der Waals surface area (Å²) in [6.07, 6.45) is 6.41. The van der Waals surface area contributed by atoms with E-state index in [2.05, 4.69) is 40.0 Å². The fraction of sp³-hybridized carbons (Fsp3) is 0.438. The van der Waals surface area contributed by atoms with Crippen LogP contribution in [0.5, 0.6) is 5.75 Å². The Morgan fingerprint density at radius 3 is 2.86 bits per heavy atom. The molecule has 2 aromatic rings. The van der Waals surface area contributed by atoms with Crippen LogP contribution in [0, 0.1) is 0 Å². The van der Waals surface area contributed by atoms with Crippen LogP contribution in [0.15, 0.2) is 35.1 Å². The molecule has 0 aliphatic rings. The summed E-state index contributed by atoms with van der Waals surface area (Å²) in [6, 6.07) is 6.38. The Balaban J connectivity index is 1.90. The van der Waals surface area contributed by atoms with E-state index in [4.69, 9.17) is 10.5 Å². The first kappa shape index (κ1) is 16.0. The molecule has 1 atom stereocenters. The second kappa shape index (κ2) is 7.61. The van der Waals surface area contributed by atoms with Gasteiger partial charge in [0.1, 0.15) is 11.6 Å². The van der Waals surface area contributed by atoms with Gasteiger partial charge < -0.3 is 15.0 Å². The van der Waals surface area contributed by atoms with Gasteiger partial charge in [0.25, 0.3) is 0 Å². The molecule has 0 radical (unpaired) electrons. The SMILES string of the molecule is CCC(N)Cc1ccc(OCCc2nccn2C)c(Br)c1. The molecule has 114 valence electrons. The van der Waals surface area contributed by atoms with Gasteiger partial charge in [-0.15, -0.1) is 0 Å². The van der Waals surface area contributed by atoms with E-state index >= 15 is 0 Å². The van der Waals surface area contributed by atoms with Crippen LogP contribution in [0.1, 0.15) is 24.7 Å². The van der Waals surface area contributed by atoms with Gasteiger partial charge in [0.15, 0.2) is 0 Å². The molecule has 1 aromatic heterocycles. The van der Waals surface area contributed by atoms with E-state index in [0.717, 1.165) is 35.3 Å². The maximum Gasteiger partial charge on any atom is 0.133 e. The van der Waals surface area contributed by atoms with Crippen molar-refractivity contribution < 1.29 is 4.74 Å². The third-order valence-electron chi connectivity index (χ3n) is 3.52. The highest BCUT2D eigenvalue weighted by Crippen LogP contribution is 2.26. The summed E-state index contributed by atoms with van der Waals surface area (Å²) in [7, 11) is 1.99. The summed E-state index contributed by atoms with van der Waals surface area (Å²) in [5.74, 6) is 1.88. The number of imidazole rings is 1. The minimum atomic E-state index is 0.215. The lowest BCUT2D eigenvalue weighted by molar-refractivity contribution is 0.315. The van der Waals surface area contributed by atoms with E-state index in [1.165, 1.54) is 5.56 Å². The van der Waals surface area contributed by atoms with Gasteiger partial charge in [-0.2, -0.15) is 0 Å². The first-order valence-electron chi connectivity index (χ1n) is 7.23. The van der Waals surface area contributed by atoms with Gasteiger partial charge in [0, 0.05) is 31.9 Å². The Hall–Kier alpha value is -1.33. The summed E-state index contributed by atoms with van der Waals surface area (Å²) >= 11 is 3.57. The molecule has 5 heteroatoms. The van der Waals surface area contributed by atoms with Crippen molar-refractivity contribution in [1.29, 1.82) is 0 Å². The molecule has 0 bridgehead atoms. The van der Waals surface area contributed by atoms with Crippen LogP contribution >= 0.6 is 15.9 Å². The van der Waals surface area contributed by atoms with Crippen molar-refractivity contribution in [2.75, 3.05) is 6.61 Å². The van der Waals surface area contributed by atoms with Gasteiger partial charge in [-0.25, -0.2) is 4.98 Å². The largest absolute Gasteiger partial charge is 0.492 e. The van der Waals surface area contributed by atoms with E-state index in [1.54, 1.807) is 6.20 Å². The van der Waals surface area contributed by atoms with Gasteiger partial charge >= 0.3 is 0 Å². The standard InChI is InChI=1S/C16H22BrN3O/c1-3-13(18)10-12-4-5-15(14(17)11-12)21-9-6-16-19-7-8-20(16)2/h4-5,7-8,11,13H,3,6,9-10,18H2,1-2H3. The number of aromatic nitrogens is 2. The number of hydrogen-bond donors (Lipinski definition) is 1. The summed E-state index contributed by atoms with van der Waals surface area (Å²) < 4.78 is 8.80. The number of aryl methyl sites for hydroxylation is 1. The van der Waals surface area contributed by atoms with Gasteiger partial charge in [0.05, 0.1) is 11.1 Å². The number of halogens is 1. The third kappa shape index (κ3) is 4.58. The molecule has 0 saturated carbocycles. The maximum absolute atomic E-state index is 5.99. The lowest BCUT2D eigenvalue weighted by Gasteiger charge is -2.12. The predicted octanol–water partition coefficient (Wildman–Crippen LogP) is 3.08.